The van der Waals surface area contributed by atoms with Crippen molar-refractivity contribution in [3.63, 3.8) is 0 Å². The fraction of sp³-hybridized carbons (Fsp3) is 0.538. The van der Waals surface area contributed by atoms with Gasteiger partial charge in [-0.25, -0.2) is 4.68 Å². The Morgan fingerprint density at radius 3 is 2.90 bits per heavy atom. The summed E-state index contributed by atoms with van der Waals surface area (Å²) in [5.41, 5.74) is 0. The normalized spacial score (nSPS) is 12.3. The second-order valence-corrected chi connectivity index (χ2v) is 5.70. The highest BCUT2D eigenvalue weighted by atomic mass is 32.2. The minimum absolute atomic E-state index is 0.158. The molecule has 0 aliphatic heterocycles. The zero-order chi connectivity index (χ0) is 15.1. The number of hydrogen-bond donors (Lipinski definition) is 2. The summed E-state index contributed by atoms with van der Waals surface area (Å²) in [4.78, 5) is 13.2. The summed E-state index contributed by atoms with van der Waals surface area (Å²) in [7, 11) is 0. The van der Waals surface area contributed by atoms with E-state index in [1.165, 1.54) is 11.8 Å². The molecule has 0 saturated carbocycles. The second-order valence-electron chi connectivity index (χ2n) is 4.72. The quantitative estimate of drug-likeness (QED) is 0.716. The topological polar surface area (TPSA) is 88.8 Å². The number of nitrogens with zero attached hydrogens (tertiary/aromatic N) is 5. The molecule has 2 N–H and O–H groups in total. The second kappa shape index (κ2) is 7.94. The molecule has 114 valence electrons. The Balaban J connectivity index is 2.20. The van der Waals surface area contributed by atoms with E-state index in [9.17, 15) is 0 Å². The van der Waals surface area contributed by atoms with E-state index in [0.29, 0.717) is 17.1 Å². The van der Waals surface area contributed by atoms with Crippen molar-refractivity contribution >= 4 is 17.7 Å². The maximum Gasteiger partial charge on any atom is 0.256 e. The van der Waals surface area contributed by atoms with Gasteiger partial charge in [0.1, 0.15) is 0 Å². The molecule has 0 spiro atoms. The van der Waals surface area contributed by atoms with Crippen LogP contribution in [0.25, 0.3) is 5.95 Å². The van der Waals surface area contributed by atoms with E-state index in [2.05, 4.69) is 32.3 Å². The van der Waals surface area contributed by atoms with Crippen molar-refractivity contribution in [2.45, 2.75) is 25.4 Å². The number of aliphatic hydroxyl groups is 1. The molecule has 0 amide bonds. The van der Waals surface area contributed by atoms with Crippen LogP contribution in [0.1, 0.15) is 20.3 Å². The Hall–Kier alpha value is -1.67. The number of nitrogens with one attached hydrogen (secondary N) is 1. The van der Waals surface area contributed by atoms with Gasteiger partial charge in [-0.05, 0) is 18.4 Å². The highest BCUT2D eigenvalue weighted by Gasteiger charge is 2.10. The molecule has 2 rings (SSSR count). The first kappa shape index (κ1) is 15.7. The molecule has 0 aromatic carbocycles. The molecule has 0 fully saturated rings. The molecule has 2 heterocycles. The smallest absolute Gasteiger partial charge is 0.256 e. The SMILES string of the molecule is CCCNc1nc(SCC(C)CO)nc(-n2cccn2)n1. The Morgan fingerprint density at radius 2 is 2.24 bits per heavy atom. The predicted octanol–water partition coefficient (Wildman–Crippen LogP) is 1.60. The summed E-state index contributed by atoms with van der Waals surface area (Å²) in [6, 6.07) is 1.82. The van der Waals surface area contributed by atoms with E-state index >= 15 is 0 Å². The summed E-state index contributed by atoms with van der Waals surface area (Å²) < 4.78 is 1.61. The van der Waals surface area contributed by atoms with E-state index in [1.54, 1.807) is 17.1 Å². The Bertz CT molecular complexity index is 548. The zero-order valence-corrected chi connectivity index (χ0v) is 13.0. The first-order valence-corrected chi connectivity index (χ1v) is 7.95. The van der Waals surface area contributed by atoms with Crippen LogP contribution in [0.15, 0.2) is 23.6 Å². The van der Waals surface area contributed by atoms with Gasteiger partial charge in [0, 0.05) is 31.3 Å². The van der Waals surface area contributed by atoms with Crippen LogP contribution in [0.4, 0.5) is 5.95 Å². The van der Waals surface area contributed by atoms with E-state index in [-0.39, 0.29) is 12.5 Å². The lowest BCUT2D eigenvalue weighted by Gasteiger charge is -2.09. The van der Waals surface area contributed by atoms with Gasteiger partial charge in [0.15, 0.2) is 5.16 Å². The lowest BCUT2D eigenvalue weighted by molar-refractivity contribution is 0.250. The molecular formula is C13H20N6OS. The minimum Gasteiger partial charge on any atom is -0.396 e. The van der Waals surface area contributed by atoms with Crippen molar-refractivity contribution in [1.29, 1.82) is 0 Å². The van der Waals surface area contributed by atoms with Crippen LogP contribution < -0.4 is 5.32 Å². The lowest BCUT2D eigenvalue weighted by atomic mass is 10.2. The minimum atomic E-state index is 0.158. The summed E-state index contributed by atoms with van der Waals surface area (Å²) in [5.74, 6) is 2.00. The standard InChI is InChI=1S/C13H20N6OS/c1-3-5-14-11-16-12(19-7-4-6-15-19)18-13(17-11)21-9-10(2)8-20/h4,6-7,10,20H,3,5,8-9H2,1-2H3,(H,14,16,17,18). The number of hydrogen-bond acceptors (Lipinski definition) is 7. The average Bonchev–Trinajstić information content (AvgIpc) is 3.04. The van der Waals surface area contributed by atoms with Crippen molar-refractivity contribution in [2.75, 3.05) is 24.2 Å². The molecule has 21 heavy (non-hydrogen) atoms. The molecule has 2 aromatic heterocycles. The van der Waals surface area contributed by atoms with Gasteiger partial charge in [-0.2, -0.15) is 20.1 Å². The van der Waals surface area contributed by atoms with Crippen molar-refractivity contribution in [1.82, 2.24) is 24.7 Å². The first-order valence-electron chi connectivity index (χ1n) is 6.96. The molecule has 1 atom stereocenters. The maximum absolute atomic E-state index is 9.10. The number of aliphatic hydroxyl groups excluding tert-OH is 1. The van der Waals surface area contributed by atoms with Crippen LogP contribution in [-0.4, -0.2) is 48.7 Å². The molecule has 0 radical (unpaired) electrons. The molecule has 2 aromatic rings. The fourth-order valence-electron chi connectivity index (χ4n) is 1.49. The summed E-state index contributed by atoms with van der Waals surface area (Å²) in [5, 5.41) is 17.0. The van der Waals surface area contributed by atoms with Crippen molar-refractivity contribution < 1.29 is 5.11 Å². The Labute approximate surface area is 128 Å². The molecule has 8 heteroatoms. The highest BCUT2D eigenvalue weighted by Crippen LogP contribution is 2.18. The lowest BCUT2D eigenvalue weighted by Crippen LogP contribution is -2.11. The number of thioether (sulfide) groups is 1. The van der Waals surface area contributed by atoms with Gasteiger partial charge in [-0.3, -0.25) is 0 Å². The van der Waals surface area contributed by atoms with Gasteiger partial charge in [0.05, 0.1) is 0 Å². The van der Waals surface area contributed by atoms with Crippen LogP contribution >= 0.6 is 11.8 Å². The third-order valence-electron chi connectivity index (χ3n) is 2.65. The molecule has 0 aliphatic carbocycles. The molecule has 0 aliphatic rings. The van der Waals surface area contributed by atoms with Crippen LogP contribution in [0.5, 0.6) is 0 Å². The van der Waals surface area contributed by atoms with Gasteiger partial charge < -0.3 is 10.4 Å². The summed E-state index contributed by atoms with van der Waals surface area (Å²) in [6.07, 6.45) is 4.47. The predicted molar refractivity (Wildman–Crippen MR) is 82.7 cm³/mol. The molecule has 0 saturated heterocycles. The number of rotatable bonds is 8. The third-order valence-corrected chi connectivity index (χ3v) is 3.83. The first-order chi connectivity index (χ1) is 10.2. The van der Waals surface area contributed by atoms with E-state index in [4.69, 9.17) is 5.11 Å². The van der Waals surface area contributed by atoms with Crippen LogP contribution in [-0.2, 0) is 0 Å². The van der Waals surface area contributed by atoms with Crippen molar-refractivity contribution in [2.24, 2.45) is 5.92 Å². The average molecular weight is 308 g/mol. The molecule has 7 nitrogen and oxygen atoms in total. The Kier molecular flexibility index (Phi) is 5.94. The van der Waals surface area contributed by atoms with Crippen LogP contribution in [0.2, 0.25) is 0 Å². The zero-order valence-electron chi connectivity index (χ0n) is 12.2. The van der Waals surface area contributed by atoms with Gasteiger partial charge in [-0.1, -0.05) is 25.6 Å². The monoisotopic (exact) mass is 308 g/mol. The van der Waals surface area contributed by atoms with Gasteiger partial charge in [0.25, 0.3) is 5.95 Å². The van der Waals surface area contributed by atoms with Gasteiger partial charge in [0.2, 0.25) is 5.95 Å². The van der Waals surface area contributed by atoms with Gasteiger partial charge in [-0.15, -0.1) is 0 Å². The van der Waals surface area contributed by atoms with E-state index < -0.39 is 0 Å². The fourth-order valence-corrected chi connectivity index (χ4v) is 2.32. The largest absolute Gasteiger partial charge is 0.396 e. The van der Waals surface area contributed by atoms with Crippen molar-refractivity contribution in [3.05, 3.63) is 18.5 Å². The van der Waals surface area contributed by atoms with Crippen LogP contribution in [0.3, 0.4) is 0 Å². The van der Waals surface area contributed by atoms with Gasteiger partial charge >= 0.3 is 0 Å². The van der Waals surface area contributed by atoms with E-state index in [1.807, 2.05) is 13.0 Å². The molecule has 1 unspecified atom stereocenters. The summed E-state index contributed by atoms with van der Waals surface area (Å²) >= 11 is 1.51. The Morgan fingerprint density at radius 1 is 1.38 bits per heavy atom. The number of anilines is 1. The molecule has 0 bridgehead atoms. The van der Waals surface area contributed by atoms with Crippen molar-refractivity contribution in [3.8, 4) is 5.95 Å². The summed E-state index contributed by atoms with van der Waals surface area (Å²) in [6.45, 7) is 5.03. The third kappa shape index (κ3) is 4.68. The maximum atomic E-state index is 9.10. The highest BCUT2D eigenvalue weighted by molar-refractivity contribution is 7.99. The van der Waals surface area contributed by atoms with E-state index in [0.717, 1.165) is 18.7 Å². The van der Waals surface area contributed by atoms with Crippen LogP contribution in [0, 0.1) is 5.92 Å². The number of aromatic nitrogens is 5. The molecular weight excluding hydrogens is 288 g/mol.